The molecule has 5 rings (SSSR count). The average Bonchev–Trinajstić information content (AvgIpc) is 3.44. The van der Waals surface area contributed by atoms with Gasteiger partial charge in [0.15, 0.2) is 29.0 Å². The van der Waals surface area contributed by atoms with Crippen LogP contribution < -0.4 is 5.32 Å². The fourth-order valence-corrected chi connectivity index (χ4v) is 4.56. The first kappa shape index (κ1) is 18.8. The molecular formula is C20H25N5O4. The molecule has 2 saturated heterocycles. The minimum atomic E-state index is -0.717. The van der Waals surface area contributed by atoms with Crippen molar-refractivity contribution in [2.75, 3.05) is 12.4 Å². The van der Waals surface area contributed by atoms with E-state index in [0.717, 1.165) is 19.3 Å². The molecule has 0 spiro atoms. The van der Waals surface area contributed by atoms with Crippen LogP contribution in [0.4, 0.5) is 5.82 Å². The van der Waals surface area contributed by atoms with E-state index in [0.29, 0.717) is 23.0 Å². The molecule has 1 aliphatic carbocycles. The monoisotopic (exact) mass is 399 g/mol. The van der Waals surface area contributed by atoms with Gasteiger partial charge in [0.05, 0.1) is 12.4 Å². The van der Waals surface area contributed by atoms with E-state index < -0.39 is 18.1 Å². The van der Waals surface area contributed by atoms with Crippen molar-refractivity contribution >= 4 is 17.0 Å². The second-order valence-corrected chi connectivity index (χ2v) is 8.24. The zero-order chi connectivity index (χ0) is 20.2. The molecule has 2 aliphatic heterocycles. The molecule has 29 heavy (non-hydrogen) atoms. The number of terminal acetylenes is 1. The van der Waals surface area contributed by atoms with E-state index in [9.17, 15) is 0 Å². The van der Waals surface area contributed by atoms with Crippen molar-refractivity contribution in [3.05, 3.63) is 12.7 Å². The van der Waals surface area contributed by atoms with Crippen LogP contribution in [0.15, 0.2) is 12.7 Å². The predicted octanol–water partition coefficient (Wildman–Crippen LogP) is 1.86. The first-order chi connectivity index (χ1) is 14.0. The number of nitrogens with one attached hydrogen (secondary N) is 1. The standard InChI is InChI=1S/C20H25N5O4/c1-5-13-15-16(29-20(2,3)28-15)19(27-13)25-10-23-14-17(21-9-22-18(14)25)24-11-6-7-12(8-11)26-4/h1,9-13,15-16,19H,6-8H2,2-4H3,(H,21,22,24). The molecule has 3 aliphatic rings. The Morgan fingerprint density at radius 3 is 2.83 bits per heavy atom. The fraction of sp³-hybridized carbons (Fsp3) is 0.650. The van der Waals surface area contributed by atoms with Crippen molar-refractivity contribution in [1.29, 1.82) is 0 Å². The maximum absolute atomic E-state index is 6.09. The topological polar surface area (TPSA) is 92.6 Å². The van der Waals surface area contributed by atoms with Gasteiger partial charge in [-0.05, 0) is 33.1 Å². The number of nitrogens with zero attached hydrogens (tertiary/aromatic N) is 4. The van der Waals surface area contributed by atoms with Crippen molar-refractivity contribution < 1.29 is 18.9 Å². The van der Waals surface area contributed by atoms with Crippen LogP contribution in [0.1, 0.15) is 39.3 Å². The average molecular weight is 399 g/mol. The van der Waals surface area contributed by atoms with E-state index in [1.807, 2.05) is 18.4 Å². The van der Waals surface area contributed by atoms with Crippen molar-refractivity contribution in [2.24, 2.45) is 0 Å². The van der Waals surface area contributed by atoms with E-state index in [4.69, 9.17) is 25.4 Å². The van der Waals surface area contributed by atoms with E-state index >= 15 is 0 Å². The number of ether oxygens (including phenoxy) is 4. The Morgan fingerprint density at radius 2 is 2.07 bits per heavy atom. The van der Waals surface area contributed by atoms with E-state index in [-0.39, 0.29) is 18.3 Å². The van der Waals surface area contributed by atoms with Crippen LogP contribution in [0.2, 0.25) is 0 Å². The number of fused-ring (bicyclic) bond motifs is 2. The summed E-state index contributed by atoms with van der Waals surface area (Å²) < 4.78 is 25.4. The molecule has 0 radical (unpaired) electrons. The van der Waals surface area contributed by atoms with Gasteiger partial charge in [0.1, 0.15) is 24.6 Å². The molecule has 4 heterocycles. The largest absolute Gasteiger partial charge is 0.381 e. The molecule has 6 unspecified atom stereocenters. The molecule has 9 nitrogen and oxygen atoms in total. The summed E-state index contributed by atoms with van der Waals surface area (Å²) in [5.74, 6) is 2.66. The second-order valence-electron chi connectivity index (χ2n) is 8.24. The maximum atomic E-state index is 6.09. The first-order valence-corrected chi connectivity index (χ1v) is 9.93. The molecule has 1 saturated carbocycles. The van der Waals surface area contributed by atoms with Gasteiger partial charge < -0.3 is 24.3 Å². The number of aromatic nitrogens is 4. The lowest BCUT2D eigenvalue weighted by atomic mass is 10.1. The second kappa shape index (κ2) is 6.92. The predicted molar refractivity (Wildman–Crippen MR) is 104 cm³/mol. The van der Waals surface area contributed by atoms with Crippen LogP contribution in [0, 0.1) is 12.3 Å². The zero-order valence-corrected chi connectivity index (χ0v) is 16.7. The van der Waals surface area contributed by atoms with Crippen LogP contribution in [-0.2, 0) is 18.9 Å². The van der Waals surface area contributed by atoms with Crippen LogP contribution in [0.3, 0.4) is 0 Å². The Kier molecular flexibility index (Phi) is 4.47. The van der Waals surface area contributed by atoms with Crippen LogP contribution in [0.5, 0.6) is 0 Å². The number of rotatable bonds is 4. The summed E-state index contributed by atoms with van der Waals surface area (Å²) in [5, 5.41) is 3.50. The molecule has 2 aromatic rings. The quantitative estimate of drug-likeness (QED) is 0.779. The number of hydrogen-bond acceptors (Lipinski definition) is 8. The van der Waals surface area contributed by atoms with E-state index in [1.165, 1.54) is 6.33 Å². The number of hydrogen-bond donors (Lipinski definition) is 1. The highest BCUT2D eigenvalue weighted by atomic mass is 16.8. The lowest BCUT2D eigenvalue weighted by molar-refractivity contribution is -0.190. The minimum Gasteiger partial charge on any atom is -0.381 e. The lowest BCUT2D eigenvalue weighted by Crippen LogP contribution is -2.28. The highest BCUT2D eigenvalue weighted by Crippen LogP contribution is 2.43. The third kappa shape index (κ3) is 3.16. The van der Waals surface area contributed by atoms with Gasteiger partial charge in [-0.3, -0.25) is 4.57 Å². The zero-order valence-electron chi connectivity index (χ0n) is 16.7. The molecule has 9 heteroatoms. The Hall–Kier alpha value is -2.25. The molecule has 1 N–H and O–H groups in total. The summed E-state index contributed by atoms with van der Waals surface area (Å²) in [4.78, 5) is 13.4. The minimum absolute atomic E-state index is 0.287. The summed E-state index contributed by atoms with van der Waals surface area (Å²) in [5.41, 5.74) is 1.36. The van der Waals surface area contributed by atoms with Crippen molar-refractivity contribution in [3.8, 4) is 12.3 Å². The Bertz CT molecular complexity index is 954. The Morgan fingerprint density at radius 1 is 1.24 bits per heavy atom. The van der Waals surface area contributed by atoms with E-state index in [2.05, 4.69) is 26.2 Å². The molecule has 0 bridgehead atoms. The van der Waals surface area contributed by atoms with Gasteiger partial charge in [0.2, 0.25) is 0 Å². The molecule has 154 valence electrons. The Balaban J connectivity index is 1.44. The third-order valence-electron chi connectivity index (χ3n) is 5.88. The first-order valence-electron chi connectivity index (χ1n) is 9.93. The van der Waals surface area contributed by atoms with Gasteiger partial charge in [0, 0.05) is 13.2 Å². The van der Waals surface area contributed by atoms with Crippen molar-refractivity contribution in [1.82, 2.24) is 19.5 Å². The summed E-state index contributed by atoms with van der Waals surface area (Å²) in [6.07, 6.45) is 10.6. The summed E-state index contributed by atoms with van der Waals surface area (Å²) in [6, 6.07) is 0.300. The smallest absolute Gasteiger partial charge is 0.167 e. The number of anilines is 1. The molecule has 6 atom stereocenters. The van der Waals surface area contributed by atoms with Crippen LogP contribution in [-0.4, -0.2) is 62.9 Å². The van der Waals surface area contributed by atoms with Gasteiger partial charge in [-0.15, -0.1) is 6.42 Å². The van der Waals surface area contributed by atoms with Crippen molar-refractivity contribution in [2.45, 2.75) is 75.6 Å². The normalized spacial score (nSPS) is 35.7. The number of imidazole rings is 1. The maximum Gasteiger partial charge on any atom is 0.167 e. The van der Waals surface area contributed by atoms with Gasteiger partial charge >= 0.3 is 0 Å². The Labute approximate surface area is 169 Å². The SMILES string of the molecule is C#CC1OC(n2cnc3c(NC4CCC(OC)C4)ncnc32)C2OC(C)(C)OC12. The summed E-state index contributed by atoms with van der Waals surface area (Å²) in [6.45, 7) is 3.75. The highest BCUT2D eigenvalue weighted by molar-refractivity contribution is 5.82. The molecule has 0 aromatic carbocycles. The fourth-order valence-electron chi connectivity index (χ4n) is 4.56. The summed E-state index contributed by atoms with van der Waals surface area (Å²) in [7, 11) is 1.76. The summed E-state index contributed by atoms with van der Waals surface area (Å²) >= 11 is 0. The molecular weight excluding hydrogens is 374 g/mol. The van der Waals surface area contributed by atoms with Gasteiger partial charge in [-0.2, -0.15) is 0 Å². The van der Waals surface area contributed by atoms with Gasteiger partial charge in [-0.1, -0.05) is 5.92 Å². The number of methoxy groups -OCH3 is 1. The third-order valence-corrected chi connectivity index (χ3v) is 5.88. The lowest BCUT2D eigenvalue weighted by Gasteiger charge is -2.23. The van der Waals surface area contributed by atoms with Gasteiger partial charge in [0.25, 0.3) is 0 Å². The van der Waals surface area contributed by atoms with E-state index in [1.54, 1.807) is 13.4 Å². The van der Waals surface area contributed by atoms with Crippen LogP contribution >= 0.6 is 0 Å². The van der Waals surface area contributed by atoms with Crippen LogP contribution in [0.25, 0.3) is 11.2 Å². The molecule has 0 amide bonds. The van der Waals surface area contributed by atoms with Gasteiger partial charge in [-0.25, -0.2) is 15.0 Å². The van der Waals surface area contributed by atoms with Crippen molar-refractivity contribution in [3.63, 3.8) is 0 Å². The molecule has 2 aromatic heterocycles. The highest BCUT2D eigenvalue weighted by Gasteiger charge is 2.55. The molecule has 3 fully saturated rings.